The van der Waals surface area contributed by atoms with Crippen LogP contribution >= 0.6 is 11.8 Å². The van der Waals surface area contributed by atoms with Gasteiger partial charge >= 0.3 is 0 Å². The van der Waals surface area contributed by atoms with Crippen LogP contribution in [0.5, 0.6) is 0 Å². The lowest BCUT2D eigenvalue weighted by atomic mass is 10.4. The molecule has 46 valence electrons. The van der Waals surface area contributed by atoms with E-state index in [0.717, 1.165) is 0 Å². The predicted octanol–water partition coefficient (Wildman–Crippen LogP) is 1.84. The highest BCUT2D eigenvalue weighted by Crippen LogP contribution is 1.98. The van der Waals surface area contributed by atoms with Crippen molar-refractivity contribution in [1.82, 2.24) is 0 Å². The number of rotatable bonds is 2. The highest BCUT2D eigenvalue weighted by molar-refractivity contribution is 8.13. The molecule has 0 aliphatic rings. The first-order valence-corrected chi connectivity index (χ1v) is 3.71. The van der Waals surface area contributed by atoms with E-state index in [4.69, 9.17) is 0 Å². The molecule has 0 bridgehead atoms. The molecule has 0 rings (SSSR count). The Morgan fingerprint density at radius 2 is 2.38 bits per heavy atom. The van der Waals surface area contributed by atoms with Crippen molar-refractivity contribution in [3.05, 3.63) is 12.2 Å². The van der Waals surface area contributed by atoms with Crippen molar-refractivity contribution in [3.63, 3.8) is 0 Å². The van der Waals surface area contributed by atoms with Crippen LogP contribution in [0.25, 0.3) is 0 Å². The Kier molecular flexibility index (Phi) is 4.76. The summed E-state index contributed by atoms with van der Waals surface area (Å²) in [4.78, 5) is 10.5. The molecular weight excluding hydrogens is 120 g/mol. The Hall–Kier alpha value is -0.240. The number of hydrogen-bond acceptors (Lipinski definition) is 2. The van der Waals surface area contributed by atoms with Crippen LogP contribution in [0.2, 0.25) is 0 Å². The second-order valence-corrected chi connectivity index (χ2v) is 2.21. The van der Waals surface area contributed by atoms with Gasteiger partial charge in [-0.15, -0.1) is 0 Å². The van der Waals surface area contributed by atoms with Crippen LogP contribution in [-0.2, 0) is 4.79 Å². The minimum Gasteiger partial charge on any atom is -0.287 e. The molecule has 1 nitrogen and oxygen atoms in total. The van der Waals surface area contributed by atoms with E-state index in [1.807, 2.05) is 19.1 Å². The summed E-state index contributed by atoms with van der Waals surface area (Å²) in [5.74, 6) is 0. The first-order valence-electron chi connectivity index (χ1n) is 2.49. The number of carbonyl (C=O) groups is 1. The molecule has 0 amide bonds. The van der Waals surface area contributed by atoms with Gasteiger partial charge in [-0.3, -0.25) is 4.79 Å². The predicted molar refractivity (Wildman–Crippen MR) is 38.0 cm³/mol. The van der Waals surface area contributed by atoms with Gasteiger partial charge in [0.15, 0.2) is 5.12 Å². The minimum atomic E-state index is 0.225. The fourth-order valence-corrected chi connectivity index (χ4v) is 0.560. The molecule has 0 aromatic carbocycles. The third kappa shape index (κ3) is 3.93. The Bertz CT molecular complexity index is 96.7. The zero-order valence-corrected chi connectivity index (χ0v) is 5.99. The van der Waals surface area contributed by atoms with Gasteiger partial charge in [0.2, 0.25) is 0 Å². The Morgan fingerprint density at radius 3 is 2.75 bits per heavy atom. The number of hydrogen-bond donors (Lipinski definition) is 0. The average molecular weight is 130 g/mol. The molecule has 0 spiro atoms. The summed E-state index contributed by atoms with van der Waals surface area (Å²) in [7, 11) is 0. The molecule has 0 atom stereocenters. The van der Waals surface area contributed by atoms with Crippen LogP contribution in [0, 0.1) is 0 Å². The van der Waals surface area contributed by atoms with E-state index in [0.29, 0.717) is 6.42 Å². The topological polar surface area (TPSA) is 17.1 Å². The maximum Gasteiger partial charge on any atom is 0.192 e. The Morgan fingerprint density at radius 1 is 1.75 bits per heavy atom. The van der Waals surface area contributed by atoms with Crippen LogP contribution in [0.4, 0.5) is 0 Å². The van der Waals surface area contributed by atoms with E-state index >= 15 is 0 Å². The van der Waals surface area contributed by atoms with Gasteiger partial charge in [-0.25, -0.2) is 0 Å². The van der Waals surface area contributed by atoms with E-state index in [2.05, 4.69) is 0 Å². The van der Waals surface area contributed by atoms with E-state index in [9.17, 15) is 4.79 Å². The zero-order chi connectivity index (χ0) is 6.41. The smallest absolute Gasteiger partial charge is 0.192 e. The van der Waals surface area contributed by atoms with Gasteiger partial charge in [-0.1, -0.05) is 23.9 Å². The van der Waals surface area contributed by atoms with Gasteiger partial charge in [0.1, 0.15) is 0 Å². The first-order chi connectivity index (χ1) is 3.81. The van der Waals surface area contributed by atoms with Crippen molar-refractivity contribution in [2.45, 2.75) is 13.3 Å². The van der Waals surface area contributed by atoms with Crippen molar-refractivity contribution in [1.29, 1.82) is 0 Å². The molecule has 0 aromatic heterocycles. The molecule has 8 heavy (non-hydrogen) atoms. The zero-order valence-electron chi connectivity index (χ0n) is 5.18. The lowest BCUT2D eigenvalue weighted by molar-refractivity contribution is -0.110. The molecule has 0 fully saturated rings. The van der Waals surface area contributed by atoms with Crippen LogP contribution in [0.15, 0.2) is 12.2 Å². The molecule has 0 aliphatic heterocycles. The molecule has 0 heterocycles. The van der Waals surface area contributed by atoms with Crippen LogP contribution < -0.4 is 0 Å². The van der Waals surface area contributed by atoms with Crippen molar-refractivity contribution in [2.75, 3.05) is 6.26 Å². The molecule has 0 aromatic rings. The maximum atomic E-state index is 10.5. The molecule has 0 saturated carbocycles. The summed E-state index contributed by atoms with van der Waals surface area (Å²) in [6.07, 6.45) is 6.11. The highest BCUT2D eigenvalue weighted by atomic mass is 32.2. The van der Waals surface area contributed by atoms with Crippen molar-refractivity contribution in [2.24, 2.45) is 0 Å². The second-order valence-electron chi connectivity index (χ2n) is 1.35. The van der Waals surface area contributed by atoms with Crippen LogP contribution in [0.3, 0.4) is 0 Å². The van der Waals surface area contributed by atoms with E-state index < -0.39 is 0 Å². The molecule has 2 heteroatoms. The summed E-state index contributed by atoms with van der Waals surface area (Å²) in [5, 5.41) is 0.225. The molecule has 0 N–H and O–H groups in total. The maximum absolute atomic E-state index is 10.5. The summed E-state index contributed by atoms with van der Waals surface area (Å²) in [5.41, 5.74) is 0. The standard InChI is InChI=1S/C6H10OS/c1-3-4-5-6(7)8-2/h3-4H,5H2,1-2H3/b4-3-. The lowest BCUT2D eigenvalue weighted by Crippen LogP contribution is -1.84. The van der Waals surface area contributed by atoms with Crippen molar-refractivity contribution >= 4 is 16.9 Å². The molecule has 0 radical (unpaired) electrons. The number of carbonyl (C=O) groups excluding carboxylic acids is 1. The largest absolute Gasteiger partial charge is 0.287 e. The van der Waals surface area contributed by atoms with Crippen molar-refractivity contribution in [3.8, 4) is 0 Å². The fourth-order valence-electron chi connectivity index (χ4n) is 0.297. The van der Waals surface area contributed by atoms with Gasteiger partial charge in [-0.05, 0) is 13.2 Å². The van der Waals surface area contributed by atoms with E-state index in [1.165, 1.54) is 11.8 Å². The van der Waals surface area contributed by atoms with Crippen molar-refractivity contribution < 1.29 is 4.79 Å². The van der Waals surface area contributed by atoms with Crippen LogP contribution in [-0.4, -0.2) is 11.4 Å². The Labute approximate surface area is 54.2 Å². The van der Waals surface area contributed by atoms with Gasteiger partial charge in [0.25, 0.3) is 0 Å². The quantitative estimate of drug-likeness (QED) is 0.530. The van der Waals surface area contributed by atoms with E-state index in [1.54, 1.807) is 6.26 Å². The van der Waals surface area contributed by atoms with Crippen LogP contribution in [0.1, 0.15) is 13.3 Å². The first kappa shape index (κ1) is 7.76. The van der Waals surface area contributed by atoms with Gasteiger partial charge in [-0.2, -0.15) is 0 Å². The van der Waals surface area contributed by atoms with Gasteiger partial charge in [0, 0.05) is 6.42 Å². The lowest BCUT2D eigenvalue weighted by Gasteiger charge is -1.84. The minimum absolute atomic E-state index is 0.225. The SMILES string of the molecule is C/C=C\CC(=O)SC. The number of allylic oxidation sites excluding steroid dienone is 2. The molecule has 0 saturated heterocycles. The summed E-state index contributed by atoms with van der Waals surface area (Å²) >= 11 is 1.27. The fraction of sp³-hybridized carbons (Fsp3) is 0.500. The third-order valence-corrected chi connectivity index (χ3v) is 1.37. The third-order valence-electron chi connectivity index (χ3n) is 0.748. The molecular formula is C6H10OS. The second kappa shape index (κ2) is 4.91. The summed E-state index contributed by atoms with van der Waals surface area (Å²) in [6, 6.07) is 0. The Balaban J connectivity index is 3.25. The average Bonchev–Trinajstić information content (AvgIpc) is 1.83. The summed E-state index contributed by atoms with van der Waals surface area (Å²) < 4.78 is 0. The normalized spacial score (nSPS) is 10.2. The molecule has 0 unspecified atom stereocenters. The molecule has 0 aliphatic carbocycles. The van der Waals surface area contributed by atoms with Gasteiger partial charge < -0.3 is 0 Å². The summed E-state index contributed by atoms with van der Waals surface area (Å²) in [6.45, 7) is 1.91. The van der Waals surface area contributed by atoms with E-state index in [-0.39, 0.29) is 5.12 Å². The highest BCUT2D eigenvalue weighted by Gasteiger charge is 1.90. The monoisotopic (exact) mass is 130 g/mol. The van der Waals surface area contributed by atoms with Gasteiger partial charge in [0.05, 0.1) is 0 Å². The number of thioether (sulfide) groups is 1.